The summed E-state index contributed by atoms with van der Waals surface area (Å²) >= 11 is 1.80. The lowest BCUT2D eigenvalue weighted by atomic mass is 9.99. The summed E-state index contributed by atoms with van der Waals surface area (Å²) in [5.41, 5.74) is 5.34. The van der Waals surface area contributed by atoms with Crippen molar-refractivity contribution in [2.75, 3.05) is 11.9 Å². The molecule has 0 saturated heterocycles. The third-order valence-electron chi connectivity index (χ3n) is 4.09. The molecule has 0 amide bonds. The average Bonchev–Trinajstić information content (AvgIpc) is 2.83. The summed E-state index contributed by atoms with van der Waals surface area (Å²) in [4.78, 5) is 5.88. The second kappa shape index (κ2) is 6.16. The fourth-order valence-corrected chi connectivity index (χ4v) is 3.99. The highest BCUT2D eigenvalue weighted by Crippen LogP contribution is 2.28. The number of anilines is 1. The Kier molecular flexibility index (Phi) is 4.27. The lowest BCUT2D eigenvalue weighted by Gasteiger charge is -2.22. The van der Waals surface area contributed by atoms with Gasteiger partial charge in [-0.05, 0) is 44.7 Å². The fraction of sp³-hybridized carbons (Fsp3) is 0.471. The van der Waals surface area contributed by atoms with Crippen molar-refractivity contribution in [1.82, 2.24) is 10.3 Å². The maximum Gasteiger partial charge on any atom is 0.0900 e. The molecule has 3 rings (SSSR count). The molecule has 1 aromatic heterocycles. The summed E-state index contributed by atoms with van der Waals surface area (Å²) < 4.78 is 0. The molecule has 21 heavy (non-hydrogen) atoms. The molecule has 2 aromatic rings. The number of nitrogens with one attached hydrogen (secondary N) is 2. The molecule has 3 nitrogen and oxygen atoms in total. The average molecular weight is 301 g/mol. The van der Waals surface area contributed by atoms with Crippen molar-refractivity contribution < 1.29 is 0 Å². The molecule has 0 aliphatic carbocycles. The van der Waals surface area contributed by atoms with Crippen molar-refractivity contribution in [2.24, 2.45) is 0 Å². The van der Waals surface area contributed by atoms with Gasteiger partial charge in [-0.25, -0.2) is 4.98 Å². The van der Waals surface area contributed by atoms with Crippen LogP contribution in [-0.2, 0) is 13.0 Å². The lowest BCUT2D eigenvalue weighted by Crippen LogP contribution is -2.21. The Hall–Kier alpha value is -1.39. The number of hydrogen-bond acceptors (Lipinski definition) is 4. The molecule has 0 fully saturated rings. The Morgan fingerprint density at radius 1 is 1.38 bits per heavy atom. The normalized spacial score (nSPS) is 15.4. The third-order valence-corrected chi connectivity index (χ3v) is 5.35. The van der Waals surface area contributed by atoms with Gasteiger partial charge in [0.15, 0.2) is 0 Å². The van der Waals surface area contributed by atoms with Crippen LogP contribution in [0.2, 0.25) is 0 Å². The van der Waals surface area contributed by atoms with Gasteiger partial charge in [-0.1, -0.05) is 18.2 Å². The van der Waals surface area contributed by atoms with Gasteiger partial charge < -0.3 is 10.6 Å². The van der Waals surface area contributed by atoms with Gasteiger partial charge >= 0.3 is 0 Å². The second-order valence-corrected chi connectivity index (χ2v) is 7.00. The maximum absolute atomic E-state index is 4.52. The monoisotopic (exact) mass is 301 g/mol. The number of benzene rings is 1. The van der Waals surface area contributed by atoms with Gasteiger partial charge in [0.1, 0.15) is 0 Å². The Bertz CT molecular complexity index is 633. The molecule has 112 valence electrons. The molecule has 2 N–H and O–H groups in total. The standard InChI is InChI=1S/C17H23N3S/c1-11(17-12(2)20-13(3)21-17)19-10-15-7-4-6-14-8-5-9-18-16(14)15/h4,6-7,11,18-19H,5,8-10H2,1-3H3. The van der Waals surface area contributed by atoms with Gasteiger partial charge in [0.2, 0.25) is 0 Å². The highest BCUT2D eigenvalue weighted by atomic mass is 32.1. The molecular formula is C17H23N3S. The Labute approximate surface area is 130 Å². The molecule has 4 heteroatoms. The number of aromatic nitrogens is 1. The minimum absolute atomic E-state index is 0.343. The molecule has 2 heterocycles. The van der Waals surface area contributed by atoms with E-state index in [2.05, 4.69) is 54.6 Å². The van der Waals surface area contributed by atoms with Gasteiger partial charge in [0.25, 0.3) is 0 Å². The van der Waals surface area contributed by atoms with Crippen LogP contribution in [0.15, 0.2) is 18.2 Å². The predicted molar refractivity (Wildman–Crippen MR) is 90.1 cm³/mol. The first kappa shape index (κ1) is 14.5. The minimum Gasteiger partial charge on any atom is -0.385 e. The van der Waals surface area contributed by atoms with Crippen LogP contribution in [-0.4, -0.2) is 11.5 Å². The van der Waals surface area contributed by atoms with E-state index in [0.29, 0.717) is 6.04 Å². The topological polar surface area (TPSA) is 37.0 Å². The van der Waals surface area contributed by atoms with Crippen LogP contribution in [0.3, 0.4) is 0 Å². The number of hydrogen-bond donors (Lipinski definition) is 2. The van der Waals surface area contributed by atoms with Gasteiger partial charge in [-0.3, -0.25) is 0 Å². The lowest BCUT2D eigenvalue weighted by molar-refractivity contribution is 0.579. The quantitative estimate of drug-likeness (QED) is 0.897. The smallest absolute Gasteiger partial charge is 0.0900 e. The van der Waals surface area contributed by atoms with E-state index in [1.165, 1.54) is 34.5 Å². The van der Waals surface area contributed by atoms with Crippen LogP contribution in [0, 0.1) is 13.8 Å². The number of fused-ring (bicyclic) bond motifs is 1. The summed E-state index contributed by atoms with van der Waals surface area (Å²) in [6.45, 7) is 8.39. The Morgan fingerprint density at radius 3 is 3.00 bits per heavy atom. The molecule has 0 spiro atoms. The first-order valence-electron chi connectivity index (χ1n) is 7.67. The highest BCUT2D eigenvalue weighted by molar-refractivity contribution is 7.11. The summed E-state index contributed by atoms with van der Waals surface area (Å²) in [7, 11) is 0. The van der Waals surface area contributed by atoms with E-state index in [-0.39, 0.29) is 0 Å². The van der Waals surface area contributed by atoms with Gasteiger partial charge in [0.05, 0.1) is 10.7 Å². The first-order valence-corrected chi connectivity index (χ1v) is 8.48. The second-order valence-electron chi connectivity index (χ2n) is 5.77. The molecule has 1 aromatic carbocycles. The molecule has 0 radical (unpaired) electrons. The van der Waals surface area contributed by atoms with Crippen molar-refractivity contribution in [1.29, 1.82) is 0 Å². The molecule has 1 unspecified atom stereocenters. The fourth-order valence-electron chi connectivity index (χ4n) is 3.03. The molecule has 1 aliphatic rings. The zero-order valence-electron chi connectivity index (χ0n) is 13.0. The Morgan fingerprint density at radius 2 is 2.24 bits per heavy atom. The van der Waals surface area contributed by atoms with E-state index >= 15 is 0 Å². The zero-order valence-corrected chi connectivity index (χ0v) is 13.8. The molecular weight excluding hydrogens is 278 g/mol. The highest BCUT2D eigenvalue weighted by Gasteiger charge is 2.15. The molecule has 0 saturated carbocycles. The largest absolute Gasteiger partial charge is 0.385 e. The first-order chi connectivity index (χ1) is 10.1. The SMILES string of the molecule is Cc1nc(C)c(C(C)NCc2cccc3c2NCCC3)s1. The minimum atomic E-state index is 0.343. The number of para-hydroxylation sites is 1. The maximum atomic E-state index is 4.52. The van der Waals surface area contributed by atoms with Crippen LogP contribution in [0.5, 0.6) is 0 Å². The molecule has 1 aliphatic heterocycles. The van der Waals surface area contributed by atoms with Crippen molar-refractivity contribution in [2.45, 2.75) is 46.2 Å². The van der Waals surface area contributed by atoms with Gasteiger partial charge in [0, 0.05) is 29.7 Å². The van der Waals surface area contributed by atoms with Crippen molar-refractivity contribution in [3.8, 4) is 0 Å². The number of aryl methyl sites for hydroxylation is 3. The van der Waals surface area contributed by atoms with Gasteiger partial charge in [-0.2, -0.15) is 0 Å². The van der Waals surface area contributed by atoms with Crippen molar-refractivity contribution in [3.63, 3.8) is 0 Å². The number of nitrogens with zero attached hydrogens (tertiary/aromatic N) is 1. The van der Waals surface area contributed by atoms with Crippen LogP contribution >= 0.6 is 11.3 Å². The predicted octanol–water partition coefficient (Wildman–Crippen LogP) is 3.97. The van der Waals surface area contributed by atoms with Crippen LogP contribution in [0.1, 0.15) is 46.1 Å². The van der Waals surface area contributed by atoms with Crippen molar-refractivity contribution in [3.05, 3.63) is 44.9 Å². The van der Waals surface area contributed by atoms with Crippen molar-refractivity contribution >= 4 is 17.0 Å². The van der Waals surface area contributed by atoms with E-state index in [0.717, 1.165) is 23.8 Å². The summed E-state index contributed by atoms with van der Waals surface area (Å²) in [6, 6.07) is 6.98. The van der Waals surface area contributed by atoms with E-state index in [4.69, 9.17) is 0 Å². The number of thiazole rings is 1. The summed E-state index contributed by atoms with van der Waals surface area (Å²) in [5.74, 6) is 0. The van der Waals surface area contributed by atoms with Crippen LogP contribution in [0.25, 0.3) is 0 Å². The van der Waals surface area contributed by atoms with Crippen LogP contribution < -0.4 is 10.6 Å². The summed E-state index contributed by atoms with van der Waals surface area (Å²) in [6.07, 6.45) is 2.43. The van der Waals surface area contributed by atoms with Gasteiger partial charge in [-0.15, -0.1) is 11.3 Å². The Balaban J connectivity index is 1.72. The zero-order chi connectivity index (χ0) is 14.8. The van der Waals surface area contributed by atoms with Crippen LogP contribution in [0.4, 0.5) is 5.69 Å². The summed E-state index contributed by atoms with van der Waals surface area (Å²) in [5, 5.41) is 8.36. The van der Waals surface area contributed by atoms with E-state index < -0.39 is 0 Å². The van der Waals surface area contributed by atoms with E-state index in [9.17, 15) is 0 Å². The molecule has 0 bridgehead atoms. The third kappa shape index (κ3) is 3.11. The number of rotatable bonds is 4. The van der Waals surface area contributed by atoms with E-state index in [1.54, 1.807) is 11.3 Å². The molecule has 1 atom stereocenters. The van der Waals surface area contributed by atoms with E-state index in [1.807, 2.05) is 0 Å².